The number of nitrogens with one attached hydrogen (secondary N) is 1. The first-order valence-corrected chi connectivity index (χ1v) is 11.0. The number of fused-ring (bicyclic) bond motifs is 1. The Balaban J connectivity index is 1.52. The first kappa shape index (κ1) is 20.3. The Labute approximate surface area is 173 Å². The van der Waals surface area contributed by atoms with Gasteiger partial charge in [0.25, 0.3) is 11.5 Å². The average Bonchev–Trinajstić information content (AvgIpc) is 2.78. The van der Waals surface area contributed by atoms with Crippen LogP contribution in [0.25, 0.3) is 0 Å². The molecule has 156 valence electrons. The van der Waals surface area contributed by atoms with Crippen molar-refractivity contribution in [2.45, 2.75) is 17.9 Å². The number of amides is 1. The summed E-state index contributed by atoms with van der Waals surface area (Å²) in [6.45, 7) is 2.04. The van der Waals surface area contributed by atoms with Gasteiger partial charge >= 0.3 is 0 Å². The molecule has 0 aliphatic carbocycles. The largest absolute Gasteiger partial charge is 0.379 e. The van der Waals surface area contributed by atoms with Gasteiger partial charge in [-0.25, -0.2) is 8.42 Å². The van der Waals surface area contributed by atoms with Crippen LogP contribution in [0.2, 0.25) is 0 Å². The fourth-order valence-electron chi connectivity index (χ4n) is 3.65. The topological polar surface area (TPSA) is 124 Å². The predicted molar refractivity (Wildman–Crippen MR) is 106 cm³/mol. The van der Waals surface area contributed by atoms with Crippen LogP contribution in [0.4, 0.5) is 0 Å². The number of morpholine rings is 1. The molecule has 0 atom stereocenters. The number of benzene rings is 1. The van der Waals surface area contributed by atoms with Gasteiger partial charge in [-0.15, -0.1) is 0 Å². The number of aromatic amines is 1. The summed E-state index contributed by atoms with van der Waals surface area (Å²) in [5.41, 5.74) is 1.44. The summed E-state index contributed by atoms with van der Waals surface area (Å²) in [5.74, 6) is -0.235. The molecule has 2 aromatic rings. The molecule has 2 aliphatic heterocycles. The lowest BCUT2D eigenvalue weighted by atomic mass is 10.0. The summed E-state index contributed by atoms with van der Waals surface area (Å²) in [4.78, 5) is 29.1. The third-order valence-corrected chi connectivity index (χ3v) is 7.24. The van der Waals surface area contributed by atoms with E-state index in [1.807, 2.05) is 6.07 Å². The van der Waals surface area contributed by atoms with Crippen LogP contribution >= 0.6 is 0 Å². The Morgan fingerprint density at radius 2 is 1.83 bits per heavy atom. The van der Waals surface area contributed by atoms with Gasteiger partial charge in [0.1, 0.15) is 11.6 Å². The number of nitrogens with zero attached hydrogens (tertiary/aromatic N) is 3. The number of ether oxygens (including phenoxy) is 1. The normalized spacial score (nSPS) is 17.2. The van der Waals surface area contributed by atoms with Gasteiger partial charge < -0.3 is 14.6 Å². The zero-order valence-corrected chi connectivity index (χ0v) is 16.9. The van der Waals surface area contributed by atoms with Crippen molar-refractivity contribution < 1.29 is 17.9 Å². The van der Waals surface area contributed by atoms with Gasteiger partial charge in [0.15, 0.2) is 0 Å². The van der Waals surface area contributed by atoms with Crippen LogP contribution in [0.1, 0.15) is 27.2 Å². The number of hydrogen-bond donors (Lipinski definition) is 1. The Bertz CT molecular complexity index is 1180. The molecule has 0 unspecified atom stereocenters. The number of sulfonamides is 1. The van der Waals surface area contributed by atoms with Gasteiger partial charge in [0, 0.05) is 43.9 Å². The van der Waals surface area contributed by atoms with Crippen LogP contribution in [0.5, 0.6) is 0 Å². The molecule has 1 aromatic heterocycles. The molecule has 0 spiro atoms. The van der Waals surface area contributed by atoms with E-state index in [1.54, 1.807) is 4.90 Å². The van der Waals surface area contributed by atoms with Crippen molar-refractivity contribution in [3.05, 3.63) is 63.1 Å². The lowest BCUT2D eigenvalue weighted by Gasteiger charge is -2.29. The summed E-state index contributed by atoms with van der Waals surface area (Å²) >= 11 is 0. The van der Waals surface area contributed by atoms with E-state index in [1.165, 1.54) is 34.6 Å². The van der Waals surface area contributed by atoms with E-state index in [0.717, 1.165) is 11.3 Å². The highest BCUT2D eigenvalue weighted by atomic mass is 32.2. The highest BCUT2D eigenvalue weighted by Crippen LogP contribution is 2.21. The van der Waals surface area contributed by atoms with E-state index < -0.39 is 15.6 Å². The molecule has 1 amide bonds. The molecule has 0 saturated carbocycles. The molecule has 4 rings (SSSR count). The maximum Gasteiger partial charge on any atom is 0.266 e. The van der Waals surface area contributed by atoms with Gasteiger partial charge in [0.05, 0.1) is 18.1 Å². The first-order chi connectivity index (χ1) is 14.4. The van der Waals surface area contributed by atoms with E-state index in [0.29, 0.717) is 44.8 Å². The summed E-state index contributed by atoms with van der Waals surface area (Å²) in [6, 6.07) is 9.29. The highest BCUT2D eigenvalue weighted by Gasteiger charge is 2.27. The van der Waals surface area contributed by atoms with Crippen molar-refractivity contribution in [3.63, 3.8) is 0 Å². The minimum atomic E-state index is -3.62. The number of hydrogen-bond acceptors (Lipinski definition) is 6. The number of pyridine rings is 1. The van der Waals surface area contributed by atoms with Gasteiger partial charge in [-0.3, -0.25) is 9.59 Å². The smallest absolute Gasteiger partial charge is 0.266 e. The minimum Gasteiger partial charge on any atom is -0.379 e. The van der Waals surface area contributed by atoms with E-state index in [4.69, 9.17) is 10.00 Å². The van der Waals surface area contributed by atoms with Crippen LogP contribution in [0, 0.1) is 11.3 Å². The second-order valence-electron chi connectivity index (χ2n) is 7.15. The van der Waals surface area contributed by atoms with Crippen LogP contribution in [0.3, 0.4) is 0 Å². The van der Waals surface area contributed by atoms with Crippen LogP contribution in [-0.2, 0) is 27.7 Å². The summed E-state index contributed by atoms with van der Waals surface area (Å²) in [7, 11) is -3.62. The van der Waals surface area contributed by atoms with Gasteiger partial charge in [-0.2, -0.15) is 9.57 Å². The maximum absolute atomic E-state index is 12.9. The molecule has 0 bridgehead atoms. The second kappa shape index (κ2) is 8.02. The molecule has 0 radical (unpaired) electrons. The minimum absolute atomic E-state index is 0.0146. The fraction of sp³-hybridized carbons (Fsp3) is 0.350. The van der Waals surface area contributed by atoms with Crippen LogP contribution in [0.15, 0.2) is 40.0 Å². The lowest BCUT2D eigenvalue weighted by Crippen LogP contribution is -2.40. The monoisotopic (exact) mass is 428 g/mol. The fourth-order valence-corrected chi connectivity index (χ4v) is 5.06. The third-order valence-electron chi connectivity index (χ3n) is 5.32. The average molecular weight is 428 g/mol. The first-order valence-electron chi connectivity index (χ1n) is 9.52. The van der Waals surface area contributed by atoms with Crippen molar-refractivity contribution in [1.82, 2.24) is 14.2 Å². The van der Waals surface area contributed by atoms with Gasteiger partial charge in [-0.1, -0.05) is 0 Å². The molecule has 1 saturated heterocycles. The van der Waals surface area contributed by atoms with Crippen molar-refractivity contribution in [1.29, 1.82) is 5.26 Å². The van der Waals surface area contributed by atoms with Crippen LogP contribution < -0.4 is 5.56 Å². The summed E-state index contributed by atoms with van der Waals surface area (Å²) in [6.07, 6.45) is 0.478. The molecule has 9 nitrogen and oxygen atoms in total. The number of H-pyrrole nitrogens is 1. The Kier molecular flexibility index (Phi) is 5.42. The Morgan fingerprint density at radius 1 is 1.13 bits per heavy atom. The molecular weight excluding hydrogens is 408 g/mol. The van der Waals surface area contributed by atoms with Crippen molar-refractivity contribution in [3.8, 4) is 6.07 Å². The summed E-state index contributed by atoms with van der Waals surface area (Å²) < 4.78 is 32.0. The Hall–Kier alpha value is -3.00. The third kappa shape index (κ3) is 3.75. The molecule has 10 heteroatoms. The van der Waals surface area contributed by atoms with Crippen molar-refractivity contribution in [2.24, 2.45) is 0 Å². The standard InChI is InChI=1S/C20H20N4O5S/c21-12-15-11-16-13-23(6-5-18(16)22-19(15)25)20(26)14-1-3-17(4-2-14)30(27,28)24-7-9-29-10-8-24/h1-4,11H,5-10,13H2,(H,22,25). The number of aromatic nitrogens is 1. The molecular formula is C20H20N4O5S. The second-order valence-corrected chi connectivity index (χ2v) is 9.08. The van der Waals surface area contributed by atoms with Gasteiger partial charge in [0.2, 0.25) is 10.0 Å². The lowest BCUT2D eigenvalue weighted by molar-refractivity contribution is 0.0730. The molecule has 1 fully saturated rings. The highest BCUT2D eigenvalue weighted by molar-refractivity contribution is 7.89. The quantitative estimate of drug-likeness (QED) is 0.758. The van der Waals surface area contributed by atoms with E-state index in [9.17, 15) is 18.0 Å². The molecule has 1 aromatic carbocycles. The number of carbonyl (C=O) groups is 1. The molecule has 2 aliphatic rings. The van der Waals surface area contributed by atoms with E-state index in [-0.39, 0.29) is 22.9 Å². The Morgan fingerprint density at radius 3 is 2.50 bits per heavy atom. The maximum atomic E-state index is 12.9. The number of nitriles is 1. The van der Waals surface area contributed by atoms with Crippen molar-refractivity contribution in [2.75, 3.05) is 32.8 Å². The zero-order chi connectivity index (χ0) is 21.3. The van der Waals surface area contributed by atoms with Crippen LogP contribution in [-0.4, -0.2) is 61.4 Å². The zero-order valence-electron chi connectivity index (χ0n) is 16.1. The van der Waals surface area contributed by atoms with E-state index >= 15 is 0 Å². The van der Waals surface area contributed by atoms with Gasteiger partial charge in [-0.05, 0) is 35.9 Å². The number of carbonyl (C=O) groups excluding carboxylic acids is 1. The number of rotatable bonds is 3. The molecule has 3 heterocycles. The SMILES string of the molecule is N#Cc1cc2c([nH]c1=O)CCN(C(=O)c1ccc(S(=O)(=O)N3CCOCC3)cc1)C2. The summed E-state index contributed by atoms with van der Waals surface area (Å²) in [5, 5.41) is 9.05. The molecule has 30 heavy (non-hydrogen) atoms. The van der Waals surface area contributed by atoms with Crippen molar-refractivity contribution >= 4 is 15.9 Å². The van der Waals surface area contributed by atoms with E-state index in [2.05, 4.69) is 4.98 Å². The molecule has 1 N–H and O–H groups in total. The predicted octanol–water partition coefficient (Wildman–Crippen LogP) is 0.466.